The summed E-state index contributed by atoms with van der Waals surface area (Å²) in [7, 11) is 2.82. The van der Waals surface area contributed by atoms with Crippen LogP contribution in [0.3, 0.4) is 0 Å². The summed E-state index contributed by atoms with van der Waals surface area (Å²) in [5.41, 5.74) is 1.68. The average Bonchev–Trinajstić information content (AvgIpc) is 3.18. The number of aryl methyl sites for hydroxylation is 1. The first-order valence-electron chi connectivity index (χ1n) is 9.13. The summed E-state index contributed by atoms with van der Waals surface area (Å²) >= 11 is 0. The SMILES string of the molecule is COC(=O)CCc1cc(OC)c2n(c1=O)[C@H](C(=O)OCc1ccccc1)CC2. The standard InChI is InChI=1S/C21H23NO6/c1-26-18-12-15(8-11-19(23)27-2)20(24)22-16(18)9-10-17(22)21(25)28-13-14-6-4-3-5-7-14/h3-7,12,17H,8-11,13H2,1-2H3/t17-/m0/s1. The molecule has 1 aromatic carbocycles. The van der Waals surface area contributed by atoms with Gasteiger partial charge in [-0.25, -0.2) is 4.79 Å². The van der Waals surface area contributed by atoms with Gasteiger partial charge in [0, 0.05) is 12.0 Å². The summed E-state index contributed by atoms with van der Waals surface area (Å²) in [6.07, 6.45) is 1.31. The van der Waals surface area contributed by atoms with E-state index >= 15 is 0 Å². The zero-order valence-corrected chi connectivity index (χ0v) is 16.0. The van der Waals surface area contributed by atoms with Crippen LogP contribution >= 0.6 is 0 Å². The lowest BCUT2D eigenvalue weighted by Gasteiger charge is -2.17. The average molecular weight is 385 g/mol. The van der Waals surface area contributed by atoms with Crippen molar-refractivity contribution >= 4 is 11.9 Å². The minimum absolute atomic E-state index is 0.0807. The number of methoxy groups -OCH3 is 2. The molecule has 2 heterocycles. The number of esters is 2. The Morgan fingerprint density at radius 3 is 2.61 bits per heavy atom. The van der Waals surface area contributed by atoms with E-state index in [4.69, 9.17) is 9.47 Å². The number of carbonyl (C=O) groups excluding carboxylic acids is 2. The summed E-state index contributed by atoms with van der Waals surface area (Å²) < 4.78 is 17.0. The van der Waals surface area contributed by atoms with E-state index in [2.05, 4.69) is 4.74 Å². The Balaban J connectivity index is 1.83. The van der Waals surface area contributed by atoms with Gasteiger partial charge < -0.3 is 14.2 Å². The molecule has 0 N–H and O–H groups in total. The van der Waals surface area contributed by atoms with Crippen LogP contribution in [0.1, 0.15) is 35.7 Å². The Morgan fingerprint density at radius 2 is 1.93 bits per heavy atom. The number of pyridine rings is 1. The third-order valence-corrected chi connectivity index (χ3v) is 4.88. The number of carbonyl (C=O) groups is 2. The molecule has 0 radical (unpaired) electrons. The zero-order valence-electron chi connectivity index (χ0n) is 16.0. The molecule has 1 aromatic heterocycles. The van der Waals surface area contributed by atoms with Crippen molar-refractivity contribution in [2.75, 3.05) is 14.2 Å². The lowest BCUT2D eigenvalue weighted by Crippen LogP contribution is -2.31. The monoisotopic (exact) mass is 385 g/mol. The first kappa shape index (κ1) is 19.7. The molecule has 0 fully saturated rings. The van der Waals surface area contributed by atoms with Crippen LogP contribution in [0.15, 0.2) is 41.2 Å². The number of ether oxygens (including phenoxy) is 3. The Kier molecular flexibility index (Phi) is 6.13. The molecular weight excluding hydrogens is 362 g/mol. The van der Waals surface area contributed by atoms with E-state index in [1.165, 1.54) is 18.8 Å². The van der Waals surface area contributed by atoms with Gasteiger partial charge >= 0.3 is 11.9 Å². The predicted molar refractivity (Wildman–Crippen MR) is 101 cm³/mol. The maximum absolute atomic E-state index is 13.0. The van der Waals surface area contributed by atoms with Gasteiger partial charge in [-0.05, 0) is 30.9 Å². The largest absolute Gasteiger partial charge is 0.495 e. The van der Waals surface area contributed by atoms with Gasteiger partial charge in [-0.1, -0.05) is 30.3 Å². The van der Waals surface area contributed by atoms with Gasteiger partial charge in [0.15, 0.2) is 0 Å². The molecule has 0 saturated carbocycles. The van der Waals surface area contributed by atoms with Gasteiger partial charge in [0.05, 0.1) is 19.9 Å². The van der Waals surface area contributed by atoms with Gasteiger partial charge in [0.1, 0.15) is 18.4 Å². The molecule has 0 saturated heterocycles. The molecule has 0 bridgehead atoms. The van der Waals surface area contributed by atoms with Crippen molar-refractivity contribution in [3.63, 3.8) is 0 Å². The Labute approximate surface area is 162 Å². The Bertz CT molecular complexity index is 918. The second kappa shape index (κ2) is 8.73. The summed E-state index contributed by atoms with van der Waals surface area (Å²) in [5, 5.41) is 0. The molecular formula is C21H23NO6. The van der Waals surface area contributed by atoms with Gasteiger partial charge in [-0.3, -0.25) is 14.2 Å². The number of benzene rings is 1. The fourth-order valence-corrected chi connectivity index (χ4v) is 3.42. The van der Waals surface area contributed by atoms with Crippen LogP contribution in [-0.4, -0.2) is 30.7 Å². The highest BCUT2D eigenvalue weighted by molar-refractivity contribution is 5.75. The van der Waals surface area contributed by atoms with Crippen molar-refractivity contribution in [1.82, 2.24) is 4.57 Å². The molecule has 1 aliphatic rings. The number of hydrogen-bond acceptors (Lipinski definition) is 6. The van der Waals surface area contributed by atoms with Crippen molar-refractivity contribution < 1.29 is 23.8 Å². The molecule has 0 amide bonds. The van der Waals surface area contributed by atoms with E-state index in [-0.39, 0.29) is 25.0 Å². The van der Waals surface area contributed by atoms with Crippen molar-refractivity contribution in [3.8, 4) is 5.75 Å². The molecule has 1 atom stereocenters. The fourth-order valence-electron chi connectivity index (χ4n) is 3.42. The fraction of sp³-hybridized carbons (Fsp3) is 0.381. The van der Waals surface area contributed by atoms with Crippen LogP contribution in [0.25, 0.3) is 0 Å². The van der Waals surface area contributed by atoms with E-state index < -0.39 is 18.0 Å². The normalized spacial score (nSPS) is 15.0. The van der Waals surface area contributed by atoms with Crippen molar-refractivity contribution in [3.05, 3.63) is 63.6 Å². The quantitative estimate of drug-likeness (QED) is 0.680. The zero-order chi connectivity index (χ0) is 20.1. The maximum atomic E-state index is 13.0. The third-order valence-electron chi connectivity index (χ3n) is 4.88. The van der Waals surface area contributed by atoms with Gasteiger partial charge in [-0.2, -0.15) is 0 Å². The number of hydrogen-bond donors (Lipinski definition) is 0. The highest BCUT2D eigenvalue weighted by Gasteiger charge is 2.33. The van der Waals surface area contributed by atoms with E-state index in [1.54, 1.807) is 6.07 Å². The van der Waals surface area contributed by atoms with E-state index in [9.17, 15) is 14.4 Å². The number of aromatic nitrogens is 1. The molecule has 7 heteroatoms. The molecule has 0 aliphatic carbocycles. The first-order chi connectivity index (χ1) is 13.5. The highest BCUT2D eigenvalue weighted by Crippen LogP contribution is 2.32. The lowest BCUT2D eigenvalue weighted by atomic mass is 10.1. The molecule has 1 aliphatic heterocycles. The van der Waals surface area contributed by atoms with Crippen molar-refractivity contribution in [1.29, 1.82) is 0 Å². The minimum Gasteiger partial charge on any atom is -0.495 e. The summed E-state index contributed by atoms with van der Waals surface area (Å²) in [6.45, 7) is 0.152. The molecule has 7 nitrogen and oxygen atoms in total. The number of rotatable bonds is 7. The summed E-state index contributed by atoms with van der Waals surface area (Å²) in [5.74, 6) is -0.308. The number of fused-ring (bicyclic) bond motifs is 1. The van der Waals surface area contributed by atoms with Gasteiger partial charge in [0.2, 0.25) is 0 Å². The van der Waals surface area contributed by atoms with Gasteiger partial charge in [-0.15, -0.1) is 0 Å². The number of nitrogens with zero attached hydrogens (tertiary/aromatic N) is 1. The van der Waals surface area contributed by atoms with Gasteiger partial charge in [0.25, 0.3) is 5.56 Å². The predicted octanol–water partition coefficient (Wildman–Crippen LogP) is 2.19. The van der Waals surface area contributed by atoms with E-state index in [1.807, 2.05) is 30.3 Å². The molecule has 2 aromatic rings. The van der Waals surface area contributed by atoms with Crippen LogP contribution in [0.5, 0.6) is 5.75 Å². The highest BCUT2D eigenvalue weighted by atomic mass is 16.5. The topological polar surface area (TPSA) is 83.8 Å². The van der Waals surface area contributed by atoms with Crippen molar-refractivity contribution in [2.24, 2.45) is 0 Å². The van der Waals surface area contributed by atoms with E-state index in [0.717, 1.165) is 5.56 Å². The smallest absolute Gasteiger partial charge is 0.329 e. The maximum Gasteiger partial charge on any atom is 0.329 e. The second-order valence-corrected chi connectivity index (χ2v) is 6.58. The van der Waals surface area contributed by atoms with Crippen LogP contribution in [0.4, 0.5) is 0 Å². The van der Waals surface area contributed by atoms with Crippen molar-refractivity contribution in [2.45, 2.75) is 38.3 Å². The molecule has 28 heavy (non-hydrogen) atoms. The summed E-state index contributed by atoms with van der Waals surface area (Å²) in [6, 6.07) is 10.3. The second-order valence-electron chi connectivity index (χ2n) is 6.58. The van der Waals surface area contributed by atoms with Crippen LogP contribution in [0.2, 0.25) is 0 Å². The third kappa shape index (κ3) is 4.08. The molecule has 3 rings (SSSR count). The Hall–Kier alpha value is -3.09. The van der Waals surface area contributed by atoms with E-state index in [0.29, 0.717) is 29.8 Å². The first-order valence-corrected chi connectivity index (χ1v) is 9.13. The molecule has 0 unspecified atom stereocenters. The van der Waals surface area contributed by atoms with Crippen LogP contribution in [-0.2, 0) is 38.5 Å². The van der Waals surface area contributed by atoms with Crippen LogP contribution < -0.4 is 10.3 Å². The minimum atomic E-state index is -0.696. The molecule has 148 valence electrons. The van der Waals surface area contributed by atoms with Crippen LogP contribution in [0, 0.1) is 0 Å². The molecule has 0 spiro atoms. The summed E-state index contributed by atoms with van der Waals surface area (Å²) in [4.78, 5) is 37.1. The lowest BCUT2D eigenvalue weighted by molar-refractivity contribution is -0.149. The Morgan fingerprint density at radius 1 is 1.18 bits per heavy atom.